The SMILES string of the molecule is CC(C)C(=O)NCCC(C)(C)OCCC(C)(C)OCC1CCCN(C)C1. The molecule has 1 atom stereocenters. The number of ether oxygens (including phenoxy) is 2. The Morgan fingerprint density at radius 3 is 2.42 bits per heavy atom. The van der Waals surface area contributed by atoms with E-state index in [0.29, 0.717) is 19.1 Å². The summed E-state index contributed by atoms with van der Waals surface area (Å²) in [5.74, 6) is 0.777. The summed E-state index contributed by atoms with van der Waals surface area (Å²) in [5.41, 5.74) is -0.412. The van der Waals surface area contributed by atoms with E-state index in [2.05, 4.69) is 45.0 Å². The average molecular weight is 371 g/mol. The second-order valence-electron chi connectivity index (χ2n) is 9.40. The molecule has 26 heavy (non-hydrogen) atoms. The van der Waals surface area contributed by atoms with Crippen LogP contribution < -0.4 is 5.32 Å². The fraction of sp³-hybridized carbons (Fsp3) is 0.952. The first-order valence-electron chi connectivity index (χ1n) is 10.2. The molecule has 1 unspecified atom stereocenters. The number of carbonyl (C=O) groups is 1. The zero-order chi connectivity index (χ0) is 19.8. The maximum Gasteiger partial charge on any atom is 0.222 e. The van der Waals surface area contributed by atoms with Crippen molar-refractivity contribution < 1.29 is 14.3 Å². The first-order valence-corrected chi connectivity index (χ1v) is 10.2. The van der Waals surface area contributed by atoms with Gasteiger partial charge in [0.25, 0.3) is 0 Å². The second-order valence-corrected chi connectivity index (χ2v) is 9.40. The van der Waals surface area contributed by atoms with Crippen molar-refractivity contribution in [3.63, 3.8) is 0 Å². The van der Waals surface area contributed by atoms with Gasteiger partial charge in [0.1, 0.15) is 0 Å². The zero-order valence-corrected chi connectivity index (χ0v) is 18.2. The van der Waals surface area contributed by atoms with Crippen molar-refractivity contribution in [3.05, 3.63) is 0 Å². The third kappa shape index (κ3) is 9.89. The number of rotatable bonds is 11. The van der Waals surface area contributed by atoms with Crippen molar-refractivity contribution in [1.29, 1.82) is 0 Å². The topological polar surface area (TPSA) is 50.8 Å². The lowest BCUT2D eigenvalue weighted by atomic mass is 9.98. The van der Waals surface area contributed by atoms with E-state index in [4.69, 9.17) is 9.47 Å². The Morgan fingerprint density at radius 1 is 1.15 bits per heavy atom. The predicted molar refractivity (Wildman–Crippen MR) is 107 cm³/mol. The number of nitrogens with one attached hydrogen (secondary N) is 1. The highest BCUT2D eigenvalue weighted by Crippen LogP contribution is 2.22. The number of hydrogen-bond donors (Lipinski definition) is 1. The summed E-state index contributed by atoms with van der Waals surface area (Å²) in [5, 5.41) is 2.96. The van der Waals surface area contributed by atoms with E-state index in [-0.39, 0.29) is 23.0 Å². The Bertz CT molecular complexity index is 421. The van der Waals surface area contributed by atoms with Crippen LogP contribution in [0.4, 0.5) is 0 Å². The molecule has 0 aromatic carbocycles. The predicted octanol–water partition coefficient (Wildman–Crippen LogP) is 3.47. The molecule has 5 nitrogen and oxygen atoms in total. The van der Waals surface area contributed by atoms with Crippen LogP contribution in [0.15, 0.2) is 0 Å². The molecule has 5 heteroatoms. The smallest absolute Gasteiger partial charge is 0.222 e. The van der Waals surface area contributed by atoms with E-state index < -0.39 is 0 Å². The number of piperidine rings is 1. The summed E-state index contributed by atoms with van der Waals surface area (Å²) in [4.78, 5) is 14.0. The van der Waals surface area contributed by atoms with Gasteiger partial charge in [-0.2, -0.15) is 0 Å². The van der Waals surface area contributed by atoms with Crippen LogP contribution in [0.2, 0.25) is 0 Å². The molecule has 0 aromatic heterocycles. The summed E-state index contributed by atoms with van der Waals surface area (Å²) in [6.07, 6.45) is 4.22. The Morgan fingerprint density at radius 2 is 1.81 bits per heavy atom. The van der Waals surface area contributed by atoms with Crippen LogP contribution in [-0.4, -0.2) is 61.9 Å². The lowest BCUT2D eigenvalue weighted by Crippen LogP contribution is -2.38. The van der Waals surface area contributed by atoms with Crippen LogP contribution in [0.5, 0.6) is 0 Å². The summed E-state index contributed by atoms with van der Waals surface area (Å²) >= 11 is 0. The van der Waals surface area contributed by atoms with Crippen molar-refractivity contribution >= 4 is 5.91 Å². The van der Waals surface area contributed by atoms with E-state index >= 15 is 0 Å². The first kappa shape index (κ1) is 23.4. The zero-order valence-electron chi connectivity index (χ0n) is 18.2. The minimum atomic E-state index is -0.244. The summed E-state index contributed by atoms with van der Waals surface area (Å²) in [6.45, 7) is 16.8. The van der Waals surface area contributed by atoms with Crippen LogP contribution >= 0.6 is 0 Å². The summed E-state index contributed by atoms with van der Waals surface area (Å²) in [7, 11) is 2.19. The van der Waals surface area contributed by atoms with Gasteiger partial charge in [0, 0.05) is 19.0 Å². The van der Waals surface area contributed by atoms with Gasteiger partial charge in [0.05, 0.1) is 24.4 Å². The Labute approximate surface area is 161 Å². The Kier molecular flexibility index (Phi) is 9.56. The molecule has 1 aliphatic heterocycles. The molecule has 1 aliphatic rings. The maximum atomic E-state index is 11.6. The number of hydrogen-bond acceptors (Lipinski definition) is 4. The summed E-state index contributed by atoms with van der Waals surface area (Å²) in [6, 6.07) is 0. The van der Waals surface area contributed by atoms with Gasteiger partial charge in [-0.25, -0.2) is 0 Å². The highest BCUT2D eigenvalue weighted by atomic mass is 16.5. The van der Waals surface area contributed by atoms with Gasteiger partial charge < -0.3 is 19.7 Å². The Balaban J connectivity index is 2.23. The van der Waals surface area contributed by atoms with Crippen molar-refractivity contribution in [1.82, 2.24) is 10.2 Å². The van der Waals surface area contributed by atoms with E-state index in [1.807, 2.05) is 13.8 Å². The quantitative estimate of drug-likeness (QED) is 0.605. The van der Waals surface area contributed by atoms with Gasteiger partial charge in [-0.15, -0.1) is 0 Å². The van der Waals surface area contributed by atoms with E-state index in [1.165, 1.54) is 19.4 Å². The first-order chi connectivity index (χ1) is 12.0. The molecule has 1 amide bonds. The van der Waals surface area contributed by atoms with Crippen LogP contribution in [0.3, 0.4) is 0 Å². The van der Waals surface area contributed by atoms with E-state index in [9.17, 15) is 4.79 Å². The van der Waals surface area contributed by atoms with Crippen LogP contribution in [0.25, 0.3) is 0 Å². The molecule has 0 radical (unpaired) electrons. The molecule has 1 saturated heterocycles. The van der Waals surface area contributed by atoms with Crippen molar-refractivity contribution in [3.8, 4) is 0 Å². The van der Waals surface area contributed by atoms with Gasteiger partial charge in [0.15, 0.2) is 0 Å². The fourth-order valence-corrected chi connectivity index (χ4v) is 3.16. The second kappa shape index (κ2) is 10.6. The van der Waals surface area contributed by atoms with Gasteiger partial charge in [-0.3, -0.25) is 4.79 Å². The molecule has 1 fully saturated rings. The minimum Gasteiger partial charge on any atom is -0.375 e. The molecule has 0 saturated carbocycles. The van der Waals surface area contributed by atoms with Gasteiger partial charge in [0.2, 0.25) is 5.91 Å². The molecule has 0 aliphatic carbocycles. The number of amides is 1. The number of nitrogens with zero attached hydrogens (tertiary/aromatic N) is 1. The standard InChI is InChI=1S/C21H42N2O3/c1-17(2)19(24)22-12-10-20(3,4)25-14-11-21(5,6)26-16-18-9-8-13-23(7)15-18/h17-18H,8-16H2,1-7H3,(H,22,24). The van der Waals surface area contributed by atoms with Gasteiger partial charge in [-0.1, -0.05) is 13.8 Å². The average Bonchev–Trinajstić information content (AvgIpc) is 2.52. The van der Waals surface area contributed by atoms with Crippen molar-refractivity contribution in [2.24, 2.45) is 11.8 Å². The molecule has 154 valence electrons. The van der Waals surface area contributed by atoms with Gasteiger partial charge >= 0.3 is 0 Å². The molecule has 0 spiro atoms. The highest BCUT2D eigenvalue weighted by molar-refractivity contribution is 5.77. The van der Waals surface area contributed by atoms with Crippen LogP contribution in [0, 0.1) is 11.8 Å². The maximum absolute atomic E-state index is 11.6. The molecule has 1 rings (SSSR count). The molecule has 0 bridgehead atoms. The monoisotopic (exact) mass is 370 g/mol. The Hall–Kier alpha value is -0.650. The lowest BCUT2D eigenvalue weighted by Gasteiger charge is -2.34. The van der Waals surface area contributed by atoms with Crippen LogP contribution in [0.1, 0.15) is 67.2 Å². The van der Waals surface area contributed by atoms with Gasteiger partial charge in [-0.05, 0) is 72.9 Å². The van der Waals surface area contributed by atoms with Crippen molar-refractivity contribution in [2.75, 3.05) is 39.9 Å². The van der Waals surface area contributed by atoms with E-state index in [0.717, 1.165) is 26.0 Å². The van der Waals surface area contributed by atoms with E-state index in [1.54, 1.807) is 0 Å². The molecule has 1 heterocycles. The molecule has 1 N–H and O–H groups in total. The normalized spacial score (nSPS) is 19.8. The molecular weight excluding hydrogens is 328 g/mol. The minimum absolute atomic E-state index is 0.0286. The fourth-order valence-electron chi connectivity index (χ4n) is 3.16. The molecular formula is C21H42N2O3. The summed E-state index contributed by atoms with van der Waals surface area (Å²) < 4.78 is 12.3. The lowest BCUT2D eigenvalue weighted by molar-refractivity contribution is -0.124. The molecule has 0 aromatic rings. The van der Waals surface area contributed by atoms with Crippen molar-refractivity contribution in [2.45, 2.75) is 78.4 Å². The highest BCUT2D eigenvalue weighted by Gasteiger charge is 2.25. The third-order valence-corrected chi connectivity index (χ3v) is 5.18. The number of likely N-dealkylation sites (tertiary alicyclic amines) is 1. The third-order valence-electron chi connectivity index (χ3n) is 5.18. The van der Waals surface area contributed by atoms with Crippen LogP contribution in [-0.2, 0) is 14.3 Å². The largest absolute Gasteiger partial charge is 0.375 e. The number of carbonyl (C=O) groups excluding carboxylic acids is 1.